The lowest BCUT2D eigenvalue weighted by molar-refractivity contribution is 0.251. The molecule has 0 aromatic heterocycles. The molecule has 0 aliphatic rings. The molecule has 0 radical (unpaired) electrons. The molecule has 0 fully saturated rings. The third-order valence-corrected chi connectivity index (χ3v) is 3.49. The summed E-state index contributed by atoms with van der Waals surface area (Å²) in [5.41, 5.74) is 6.93. The highest BCUT2D eigenvalue weighted by molar-refractivity contribution is 9.10. The van der Waals surface area contributed by atoms with Crippen molar-refractivity contribution in [1.29, 1.82) is 0 Å². The normalized spacial score (nSPS) is 13.1. The predicted octanol–water partition coefficient (Wildman–Crippen LogP) is 3.44. The van der Waals surface area contributed by atoms with Crippen molar-refractivity contribution in [2.75, 3.05) is 20.1 Å². The van der Waals surface area contributed by atoms with E-state index in [0.717, 1.165) is 28.0 Å². The van der Waals surface area contributed by atoms with E-state index in [1.807, 2.05) is 18.2 Å². The zero-order valence-corrected chi connectivity index (χ0v) is 12.1. The van der Waals surface area contributed by atoms with E-state index in [-0.39, 0.29) is 6.04 Å². The Hall–Kier alpha value is -0.0900. The van der Waals surface area contributed by atoms with Crippen LogP contribution in [0.25, 0.3) is 0 Å². The van der Waals surface area contributed by atoms with Gasteiger partial charge in [0, 0.05) is 22.1 Å². The van der Waals surface area contributed by atoms with Crippen LogP contribution in [0.3, 0.4) is 0 Å². The number of likely N-dealkylation sites (N-methyl/N-ethyl adjacent to an activating group) is 1. The van der Waals surface area contributed by atoms with Crippen LogP contribution in [0.15, 0.2) is 22.7 Å². The van der Waals surface area contributed by atoms with Gasteiger partial charge in [0.2, 0.25) is 0 Å². The monoisotopic (exact) mass is 304 g/mol. The van der Waals surface area contributed by atoms with Gasteiger partial charge in [-0.25, -0.2) is 0 Å². The average molecular weight is 306 g/mol. The van der Waals surface area contributed by atoms with Gasteiger partial charge >= 0.3 is 0 Å². The highest BCUT2D eigenvalue weighted by atomic mass is 79.9. The topological polar surface area (TPSA) is 29.3 Å². The van der Waals surface area contributed by atoms with E-state index in [1.54, 1.807) is 0 Å². The molecule has 2 N–H and O–H groups in total. The van der Waals surface area contributed by atoms with Crippen LogP contribution in [0.4, 0.5) is 0 Å². The Morgan fingerprint density at radius 3 is 2.75 bits per heavy atom. The lowest BCUT2D eigenvalue weighted by Crippen LogP contribution is -2.31. The van der Waals surface area contributed by atoms with Crippen LogP contribution in [-0.2, 0) is 0 Å². The minimum Gasteiger partial charge on any atom is -0.329 e. The molecular formula is C12H18BrClN2. The van der Waals surface area contributed by atoms with Gasteiger partial charge in [0.15, 0.2) is 0 Å². The SMILES string of the molecule is CCCN(C)C(CN)c1cc(Br)ccc1Cl. The summed E-state index contributed by atoms with van der Waals surface area (Å²) < 4.78 is 1.04. The molecule has 0 aliphatic carbocycles. The molecule has 0 bridgehead atoms. The molecule has 4 heteroatoms. The maximum Gasteiger partial charge on any atom is 0.0482 e. The number of rotatable bonds is 5. The summed E-state index contributed by atoms with van der Waals surface area (Å²) in [6, 6.07) is 6.08. The predicted molar refractivity (Wildman–Crippen MR) is 73.9 cm³/mol. The Labute approximate surface area is 111 Å². The fourth-order valence-corrected chi connectivity index (χ4v) is 2.45. The van der Waals surface area contributed by atoms with Gasteiger partial charge in [0.25, 0.3) is 0 Å². The second kappa shape index (κ2) is 6.60. The van der Waals surface area contributed by atoms with Gasteiger partial charge in [-0.15, -0.1) is 0 Å². The number of benzene rings is 1. The molecule has 0 aliphatic heterocycles. The number of nitrogens with two attached hydrogens (primary N) is 1. The van der Waals surface area contributed by atoms with Gasteiger partial charge in [-0.05, 0) is 43.8 Å². The summed E-state index contributed by atoms with van der Waals surface area (Å²) in [5, 5.41) is 0.779. The maximum absolute atomic E-state index is 6.21. The van der Waals surface area contributed by atoms with E-state index in [0.29, 0.717) is 6.54 Å². The summed E-state index contributed by atoms with van der Waals surface area (Å²) in [6.07, 6.45) is 1.11. The first-order valence-corrected chi connectivity index (χ1v) is 6.62. The second-order valence-electron chi connectivity index (χ2n) is 3.90. The van der Waals surface area contributed by atoms with Crippen LogP contribution >= 0.6 is 27.5 Å². The third kappa shape index (κ3) is 3.45. The van der Waals surface area contributed by atoms with Gasteiger partial charge in [-0.2, -0.15) is 0 Å². The van der Waals surface area contributed by atoms with Crippen molar-refractivity contribution >= 4 is 27.5 Å². The summed E-state index contributed by atoms with van der Waals surface area (Å²) in [7, 11) is 2.08. The zero-order chi connectivity index (χ0) is 12.1. The van der Waals surface area contributed by atoms with Crippen molar-refractivity contribution in [2.24, 2.45) is 5.73 Å². The van der Waals surface area contributed by atoms with Crippen LogP contribution < -0.4 is 5.73 Å². The molecule has 1 rings (SSSR count). The summed E-state index contributed by atoms with van der Waals surface area (Å²) in [4.78, 5) is 2.24. The minimum absolute atomic E-state index is 0.185. The average Bonchev–Trinajstić information content (AvgIpc) is 2.24. The Morgan fingerprint density at radius 2 is 2.19 bits per heavy atom. The van der Waals surface area contributed by atoms with E-state index in [1.165, 1.54) is 0 Å². The van der Waals surface area contributed by atoms with Gasteiger partial charge in [0.05, 0.1) is 0 Å². The molecule has 1 atom stereocenters. The maximum atomic E-state index is 6.21. The van der Waals surface area contributed by atoms with E-state index in [9.17, 15) is 0 Å². The molecule has 16 heavy (non-hydrogen) atoms. The van der Waals surface area contributed by atoms with Crippen LogP contribution in [0.1, 0.15) is 24.9 Å². The fraction of sp³-hybridized carbons (Fsp3) is 0.500. The van der Waals surface area contributed by atoms with Crippen LogP contribution in [-0.4, -0.2) is 25.0 Å². The van der Waals surface area contributed by atoms with Gasteiger partial charge in [0.1, 0.15) is 0 Å². The first-order valence-electron chi connectivity index (χ1n) is 5.45. The lowest BCUT2D eigenvalue weighted by atomic mass is 10.1. The molecule has 0 saturated heterocycles. The van der Waals surface area contributed by atoms with Crippen molar-refractivity contribution in [2.45, 2.75) is 19.4 Å². The lowest BCUT2D eigenvalue weighted by Gasteiger charge is -2.27. The van der Waals surface area contributed by atoms with Gasteiger partial charge < -0.3 is 5.73 Å². The zero-order valence-electron chi connectivity index (χ0n) is 9.71. The molecule has 0 spiro atoms. The third-order valence-electron chi connectivity index (χ3n) is 2.65. The van der Waals surface area contributed by atoms with Crippen molar-refractivity contribution in [1.82, 2.24) is 4.90 Å². The Balaban J connectivity index is 2.98. The van der Waals surface area contributed by atoms with Crippen molar-refractivity contribution < 1.29 is 0 Å². The molecule has 0 heterocycles. The number of hydrogen-bond donors (Lipinski definition) is 1. The van der Waals surface area contributed by atoms with E-state index in [2.05, 4.69) is 34.8 Å². The number of nitrogens with zero attached hydrogens (tertiary/aromatic N) is 1. The Bertz CT molecular complexity index is 344. The smallest absolute Gasteiger partial charge is 0.0482 e. The van der Waals surface area contributed by atoms with Gasteiger partial charge in [-0.3, -0.25) is 4.90 Å². The second-order valence-corrected chi connectivity index (χ2v) is 5.22. The minimum atomic E-state index is 0.185. The van der Waals surface area contributed by atoms with Crippen LogP contribution in [0, 0.1) is 0 Å². The van der Waals surface area contributed by atoms with Crippen LogP contribution in [0.2, 0.25) is 5.02 Å². The van der Waals surface area contributed by atoms with Crippen molar-refractivity contribution in [3.8, 4) is 0 Å². The fourth-order valence-electron chi connectivity index (χ4n) is 1.82. The summed E-state index contributed by atoms with van der Waals surface area (Å²) in [6.45, 7) is 3.75. The molecule has 0 amide bonds. The van der Waals surface area contributed by atoms with Crippen molar-refractivity contribution in [3.05, 3.63) is 33.3 Å². The molecule has 1 aromatic carbocycles. The molecular weight excluding hydrogens is 288 g/mol. The van der Waals surface area contributed by atoms with E-state index < -0.39 is 0 Å². The quantitative estimate of drug-likeness (QED) is 0.903. The highest BCUT2D eigenvalue weighted by Crippen LogP contribution is 2.29. The molecule has 1 aromatic rings. The van der Waals surface area contributed by atoms with E-state index >= 15 is 0 Å². The largest absolute Gasteiger partial charge is 0.329 e. The van der Waals surface area contributed by atoms with E-state index in [4.69, 9.17) is 17.3 Å². The molecule has 0 saturated carbocycles. The van der Waals surface area contributed by atoms with Crippen molar-refractivity contribution in [3.63, 3.8) is 0 Å². The summed E-state index contributed by atoms with van der Waals surface area (Å²) >= 11 is 9.67. The molecule has 2 nitrogen and oxygen atoms in total. The standard InChI is InChI=1S/C12H18BrClN2/c1-3-6-16(2)12(8-15)10-7-9(13)4-5-11(10)14/h4-5,7,12H,3,6,8,15H2,1-2H3. The first kappa shape index (κ1) is 14.0. The molecule has 90 valence electrons. The molecule has 1 unspecified atom stereocenters. The highest BCUT2D eigenvalue weighted by Gasteiger charge is 2.17. The van der Waals surface area contributed by atoms with Crippen LogP contribution in [0.5, 0.6) is 0 Å². The number of hydrogen-bond acceptors (Lipinski definition) is 2. The number of halogens is 2. The summed E-state index contributed by atoms with van der Waals surface area (Å²) in [5.74, 6) is 0. The Kier molecular flexibility index (Phi) is 5.76. The van der Waals surface area contributed by atoms with Gasteiger partial charge in [-0.1, -0.05) is 34.5 Å². The first-order chi connectivity index (χ1) is 7.60. The Morgan fingerprint density at radius 1 is 1.50 bits per heavy atom.